The van der Waals surface area contributed by atoms with Crippen molar-refractivity contribution in [1.29, 1.82) is 0 Å². The van der Waals surface area contributed by atoms with Gasteiger partial charge in [-0.1, -0.05) is 12.1 Å². The van der Waals surface area contributed by atoms with Gasteiger partial charge < -0.3 is 10.2 Å². The number of rotatable bonds is 4. The zero-order valence-electron chi connectivity index (χ0n) is 13.0. The van der Waals surface area contributed by atoms with Crippen LogP contribution in [0.1, 0.15) is 11.1 Å². The van der Waals surface area contributed by atoms with Crippen molar-refractivity contribution in [2.45, 2.75) is 11.4 Å². The average molecular weight is 344 g/mol. The summed E-state index contributed by atoms with van der Waals surface area (Å²) in [6, 6.07) is 10.2. The summed E-state index contributed by atoms with van der Waals surface area (Å²) >= 11 is 0. The number of amidine groups is 1. The summed E-state index contributed by atoms with van der Waals surface area (Å²) in [6.45, 7) is 0.393. The van der Waals surface area contributed by atoms with E-state index < -0.39 is 10.0 Å². The fourth-order valence-electron chi connectivity index (χ4n) is 2.41. The number of likely N-dealkylation sites (N-methyl/N-ethyl adjacent to an activating group) is 1. The van der Waals surface area contributed by atoms with Gasteiger partial charge in [-0.2, -0.15) is 8.42 Å². The predicted molar refractivity (Wildman–Crippen MR) is 88.9 cm³/mol. The predicted octanol–water partition coefficient (Wildman–Crippen LogP) is 0.779. The van der Waals surface area contributed by atoms with Gasteiger partial charge in [0, 0.05) is 31.5 Å². The molecule has 0 radical (unpaired) electrons. The number of aromatic nitrogens is 1. The van der Waals surface area contributed by atoms with Gasteiger partial charge in [0.15, 0.2) is 5.84 Å². The van der Waals surface area contributed by atoms with Crippen LogP contribution < -0.4 is 5.32 Å². The summed E-state index contributed by atoms with van der Waals surface area (Å²) in [5.41, 5.74) is 1.45. The van der Waals surface area contributed by atoms with Gasteiger partial charge >= 0.3 is 0 Å². The van der Waals surface area contributed by atoms with Crippen LogP contribution >= 0.6 is 0 Å². The van der Waals surface area contributed by atoms with E-state index in [1.165, 1.54) is 11.0 Å². The van der Waals surface area contributed by atoms with Crippen molar-refractivity contribution in [3.63, 3.8) is 0 Å². The van der Waals surface area contributed by atoms with E-state index in [9.17, 15) is 13.2 Å². The summed E-state index contributed by atoms with van der Waals surface area (Å²) in [6.07, 6.45) is 3.31. The van der Waals surface area contributed by atoms with Crippen molar-refractivity contribution in [3.8, 4) is 0 Å². The molecule has 1 aromatic heterocycles. The Balaban J connectivity index is 1.67. The molecule has 0 atom stereocenters. The van der Waals surface area contributed by atoms with Crippen LogP contribution in [0.5, 0.6) is 0 Å². The number of hydrogen-bond donors (Lipinski definition) is 1. The molecule has 1 amide bonds. The average Bonchev–Trinajstić information content (AvgIpc) is 2.86. The van der Waals surface area contributed by atoms with E-state index in [1.54, 1.807) is 37.6 Å². The third kappa shape index (κ3) is 3.28. The molecule has 0 saturated carbocycles. The maximum absolute atomic E-state index is 12.1. The first-order valence-electron chi connectivity index (χ1n) is 7.28. The molecule has 1 aliphatic rings. The number of sulfonamides is 1. The normalized spacial score (nSPS) is 14.6. The highest BCUT2D eigenvalue weighted by Gasteiger charge is 2.30. The number of benzene rings is 1. The van der Waals surface area contributed by atoms with Crippen molar-refractivity contribution in [2.75, 3.05) is 13.6 Å². The van der Waals surface area contributed by atoms with Crippen LogP contribution in [0.4, 0.5) is 0 Å². The highest BCUT2D eigenvalue weighted by Crippen LogP contribution is 2.26. The lowest BCUT2D eigenvalue weighted by Crippen LogP contribution is -2.38. The summed E-state index contributed by atoms with van der Waals surface area (Å²) < 4.78 is 27.9. The molecule has 0 saturated heterocycles. The Morgan fingerprint density at radius 2 is 1.88 bits per heavy atom. The Morgan fingerprint density at radius 3 is 2.62 bits per heavy atom. The molecule has 0 aliphatic carbocycles. The highest BCUT2D eigenvalue weighted by molar-refractivity contribution is 7.90. The van der Waals surface area contributed by atoms with Gasteiger partial charge in [0.2, 0.25) is 5.91 Å². The highest BCUT2D eigenvalue weighted by atomic mass is 32.2. The van der Waals surface area contributed by atoms with Crippen LogP contribution in [0.25, 0.3) is 0 Å². The largest absolute Gasteiger partial charge is 0.350 e. The molecule has 1 aliphatic heterocycles. The molecule has 24 heavy (non-hydrogen) atoms. The van der Waals surface area contributed by atoms with Crippen LogP contribution in [0.3, 0.4) is 0 Å². The lowest BCUT2D eigenvalue weighted by molar-refractivity contribution is -0.121. The Hall–Kier alpha value is -2.74. The van der Waals surface area contributed by atoms with Gasteiger partial charge in [-0.3, -0.25) is 9.78 Å². The Bertz CT molecular complexity index is 895. The van der Waals surface area contributed by atoms with E-state index in [1.807, 2.05) is 12.1 Å². The van der Waals surface area contributed by atoms with Crippen molar-refractivity contribution < 1.29 is 13.2 Å². The lowest BCUT2D eigenvalue weighted by atomic mass is 10.2. The zero-order valence-corrected chi connectivity index (χ0v) is 13.8. The molecule has 3 rings (SSSR count). The molecular weight excluding hydrogens is 328 g/mol. The number of nitrogens with one attached hydrogen (secondary N) is 1. The molecule has 1 aromatic carbocycles. The molecule has 0 bridgehead atoms. The van der Waals surface area contributed by atoms with E-state index >= 15 is 0 Å². The summed E-state index contributed by atoms with van der Waals surface area (Å²) in [4.78, 5) is 17.7. The minimum absolute atomic E-state index is 0.00771. The van der Waals surface area contributed by atoms with Gasteiger partial charge in [-0.15, -0.1) is 4.40 Å². The van der Waals surface area contributed by atoms with E-state index in [0.717, 1.165) is 5.56 Å². The van der Waals surface area contributed by atoms with Crippen molar-refractivity contribution in [1.82, 2.24) is 15.2 Å². The second-order valence-electron chi connectivity index (χ2n) is 5.37. The topological polar surface area (TPSA) is 91.7 Å². The molecule has 2 aromatic rings. The number of nitrogens with zero attached hydrogens (tertiary/aromatic N) is 3. The van der Waals surface area contributed by atoms with Crippen molar-refractivity contribution in [2.24, 2.45) is 4.40 Å². The zero-order chi connectivity index (χ0) is 17.2. The standard InChI is InChI=1S/C16H16N4O3S/c1-20(11-15(21)18-10-12-6-8-17-9-7-12)16-13-4-2-3-5-14(13)24(22,23)19-16/h2-9H,10-11H2,1H3,(H,18,21). The molecule has 124 valence electrons. The van der Waals surface area contributed by atoms with Crippen molar-refractivity contribution >= 4 is 21.8 Å². The van der Waals surface area contributed by atoms with E-state index in [4.69, 9.17) is 0 Å². The number of fused-ring (bicyclic) bond motifs is 1. The third-order valence-electron chi connectivity index (χ3n) is 3.59. The summed E-state index contributed by atoms with van der Waals surface area (Å²) in [7, 11) is -2.04. The Labute approximate surface area is 140 Å². The summed E-state index contributed by atoms with van der Waals surface area (Å²) in [5, 5.41) is 2.79. The van der Waals surface area contributed by atoms with Gasteiger partial charge in [0.25, 0.3) is 10.0 Å². The lowest BCUT2D eigenvalue weighted by Gasteiger charge is -2.18. The molecule has 2 heterocycles. The van der Waals surface area contributed by atoms with E-state index in [-0.39, 0.29) is 23.2 Å². The third-order valence-corrected chi connectivity index (χ3v) is 4.92. The van der Waals surface area contributed by atoms with Gasteiger partial charge in [0.05, 0.1) is 6.54 Å². The summed E-state index contributed by atoms with van der Waals surface area (Å²) in [5.74, 6) is 0.0588. The molecule has 7 nitrogen and oxygen atoms in total. The minimum Gasteiger partial charge on any atom is -0.350 e. The molecule has 0 spiro atoms. The van der Waals surface area contributed by atoms with Crippen LogP contribution in [0, 0.1) is 0 Å². The Morgan fingerprint density at radius 1 is 1.17 bits per heavy atom. The SMILES string of the molecule is CN(CC(=O)NCc1ccncc1)C1=NS(=O)(=O)c2ccccc21. The van der Waals surface area contributed by atoms with Gasteiger partial charge in [-0.25, -0.2) is 0 Å². The van der Waals surface area contributed by atoms with Crippen LogP contribution in [-0.2, 0) is 21.4 Å². The molecule has 0 unspecified atom stereocenters. The smallest absolute Gasteiger partial charge is 0.285 e. The number of amides is 1. The van der Waals surface area contributed by atoms with Crippen molar-refractivity contribution in [3.05, 3.63) is 59.9 Å². The number of hydrogen-bond acceptors (Lipinski definition) is 5. The molecule has 8 heteroatoms. The van der Waals surface area contributed by atoms with E-state index in [2.05, 4.69) is 14.7 Å². The molecule has 0 fully saturated rings. The Kier molecular flexibility index (Phi) is 4.30. The number of pyridine rings is 1. The molecule has 1 N–H and O–H groups in total. The maximum atomic E-state index is 12.1. The van der Waals surface area contributed by atoms with E-state index in [0.29, 0.717) is 12.1 Å². The van der Waals surface area contributed by atoms with Crippen LogP contribution in [-0.4, -0.2) is 43.6 Å². The monoisotopic (exact) mass is 344 g/mol. The first kappa shape index (κ1) is 16.1. The number of carbonyl (C=O) groups excluding carboxylic acids is 1. The van der Waals surface area contributed by atoms with Gasteiger partial charge in [0.1, 0.15) is 4.90 Å². The quantitative estimate of drug-likeness (QED) is 0.885. The first-order valence-corrected chi connectivity index (χ1v) is 8.72. The number of carbonyl (C=O) groups is 1. The minimum atomic E-state index is -3.68. The van der Waals surface area contributed by atoms with Gasteiger partial charge in [-0.05, 0) is 29.8 Å². The fraction of sp³-hybridized carbons (Fsp3) is 0.188. The maximum Gasteiger partial charge on any atom is 0.285 e. The van der Waals surface area contributed by atoms with Crippen LogP contribution in [0.2, 0.25) is 0 Å². The molecular formula is C16H16N4O3S. The second-order valence-corrected chi connectivity index (χ2v) is 6.95. The first-order chi connectivity index (χ1) is 11.5. The van der Waals surface area contributed by atoms with Crippen LogP contribution in [0.15, 0.2) is 58.1 Å². The fourth-order valence-corrected chi connectivity index (χ4v) is 3.66. The second kappa shape index (κ2) is 6.40.